The van der Waals surface area contributed by atoms with Crippen LogP contribution in [-0.4, -0.2) is 30.7 Å². The molecule has 0 amide bonds. The van der Waals surface area contributed by atoms with Crippen molar-refractivity contribution in [2.24, 2.45) is 0 Å². The molecular formula is C19H11F9O2. The molecule has 2 nitrogen and oxygen atoms in total. The lowest BCUT2D eigenvalue weighted by atomic mass is 9.93. The maximum atomic E-state index is 14.3. The fourth-order valence-corrected chi connectivity index (χ4v) is 2.67. The van der Waals surface area contributed by atoms with Gasteiger partial charge in [0.1, 0.15) is 0 Å². The monoisotopic (exact) mass is 442 g/mol. The number of benzene rings is 2. The zero-order chi connectivity index (χ0) is 22.4. The van der Waals surface area contributed by atoms with Crippen LogP contribution in [0.25, 0.3) is 5.57 Å². The SMILES string of the molecule is FC(F)(F)C(F)(F)C(F)(F)C(F)(F)/C=C(\c1ccccc1)c1ccc2c(c1)OCO2. The second-order valence-corrected chi connectivity index (χ2v) is 6.26. The first-order valence-corrected chi connectivity index (χ1v) is 8.16. The molecule has 30 heavy (non-hydrogen) atoms. The fourth-order valence-electron chi connectivity index (χ4n) is 2.67. The molecule has 2 aromatic rings. The minimum absolute atomic E-state index is 0.0602. The molecule has 1 aliphatic rings. The van der Waals surface area contributed by atoms with Crippen molar-refractivity contribution in [3.63, 3.8) is 0 Å². The predicted octanol–water partition coefficient (Wildman–Crippen LogP) is 6.32. The summed E-state index contributed by atoms with van der Waals surface area (Å²) >= 11 is 0. The van der Waals surface area contributed by atoms with E-state index in [0.717, 1.165) is 12.1 Å². The second-order valence-electron chi connectivity index (χ2n) is 6.26. The Kier molecular flexibility index (Phi) is 5.20. The molecule has 0 saturated carbocycles. The zero-order valence-corrected chi connectivity index (χ0v) is 14.6. The van der Waals surface area contributed by atoms with Gasteiger partial charge in [0, 0.05) is 0 Å². The number of halogens is 9. The first kappa shape index (κ1) is 21.8. The van der Waals surface area contributed by atoms with Crippen molar-refractivity contribution in [1.82, 2.24) is 0 Å². The van der Waals surface area contributed by atoms with Crippen LogP contribution < -0.4 is 9.47 Å². The van der Waals surface area contributed by atoms with Crippen LogP contribution in [0.5, 0.6) is 11.5 Å². The van der Waals surface area contributed by atoms with E-state index in [4.69, 9.17) is 9.47 Å². The molecule has 2 aromatic carbocycles. The Balaban J connectivity index is 2.16. The van der Waals surface area contributed by atoms with Gasteiger partial charge in [-0.15, -0.1) is 0 Å². The molecule has 0 spiro atoms. The van der Waals surface area contributed by atoms with Crippen LogP contribution in [0.3, 0.4) is 0 Å². The van der Waals surface area contributed by atoms with Crippen LogP contribution in [0.4, 0.5) is 39.5 Å². The molecular weight excluding hydrogens is 431 g/mol. The molecule has 0 N–H and O–H groups in total. The van der Waals surface area contributed by atoms with E-state index in [1.165, 1.54) is 36.4 Å². The maximum absolute atomic E-state index is 14.3. The lowest BCUT2D eigenvalue weighted by Gasteiger charge is -2.32. The van der Waals surface area contributed by atoms with Crippen LogP contribution in [0.1, 0.15) is 11.1 Å². The van der Waals surface area contributed by atoms with E-state index >= 15 is 0 Å². The molecule has 1 heterocycles. The summed E-state index contributed by atoms with van der Waals surface area (Å²) in [7, 11) is 0. The fraction of sp³-hybridized carbons (Fsp3) is 0.263. The first-order chi connectivity index (χ1) is 13.8. The quantitative estimate of drug-likeness (QED) is 0.505. The molecule has 0 aliphatic carbocycles. The number of alkyl halides is 9. The molecule has 0 aromatic heterocycles. The Hall–Kier alpha value is -2.85. The van der Waals surface area contributed by atoms with Crippen molar-refractivity contribution < 1.29 is 49.0 Å². The molecule has 11 heteroatoms. The van der Waals surface area contributed by atoms with Gasteiger partial charge in [0.25, 0.3) is 0 Å². The molecule has 0 saturated heterocycles. The van der Waals surface area contributed by atoms with Crippen LogP contribution in [0.2, 0.25) is 0 Å². The predicted molar refractivity (Wildman–Crippen MR) is 87.0 cm³/mol. The molecule has 0 fully saturated rings. The minimum Gasteiger partial charge on any atom is -0.454 e. The van der Waals surface area contributed by atoms with Gasteiger partial charge in [0.2, 0.25) is 6.79 Å². The Bertz CT molecular complexity index is 950. The number of fused-ring (bicyclic) bond motifs is 1. The highest BCUT2D eigenvalue weighted by Crippen LogP contribution is 2.54. The normalized spacial score (nSPS) is 15.4. The molecule has 162 valence electrons. The summed E-state index contributed by atoms with van der Waals surface area (Å²) in [6.45, 7) is -0.199. The van der Waals surface area contributed by atoms with Crippen molar-refractivity contribution in [3.05, 3.63) is 65.7 Å². The summed E-state index contributed by atoms with van der Waals surface area (Å²) in [5.74, 6) is -19.3. The topological polar surface area (TPSA) is 18.5 Å². The summed E-state index contributed by atoms with van der Waals surface area (Å²) in [5, 5.41) is 0. The highest BCUT2D eigenvalue weighted by atomic mass is 19.4. The third-order valence-corrected chi connectivity index (χ3v) is 4.26. The van der Waals surface area contributed by atoms with Gasteiger partial charge < -0.3 is 9.47 Å². The maximum Gasteiger partial charge on any atom is 0.460 e. The standard InChI is InChI=1S/C19H11F9O2/c20-16(21,17(22,23)18(24,25)19(26,27)28)9-13(11-4-2-1-3-5-11)12-6-7-14-15(8-12)30-10-29-14/h1-9H,10H2/b13-9+. The number of allylic oxidation sites excluding steroid dienone is 1. The van der Waals surface area contributed by atoms with E-state index < -0.39 is 35.6 Å². The van der Waals surface area contributed by atoms with Crippen LogP contribution >= 0.6 is 0 Å². The largest absolute Gasteiger partial charge is 0.460 e. The van der Waals surface area contributed by atoms with Crippen molar-refractivity contribution in [1.29, 1.82) is 0 Å². The van der Waals surface area contributed by atoms with Crippen molar-refractivity contribution in [3.8, 4) is 11.5 Å². The van der Waals surface area contributed by atoms with Crippen LogP contribution in [0.15, 0.2) is 54.6 Å². The molecule has 0 atom stereocenters. The number of hydrogen-bond donors (Lipinski definition) is 0. The van der Waals surface area contributed by atoms with E-state index in [0.29, 0.717) is 0 Å². The summed E-state index contributed by atoms with van der Waals surface area (Å²) < 4.78 is 130. The van der Waals surface area contributed by atoms with Gasteiger partial charge in [0.15, 0.2) is 11.5 Å². The van der Waals surface area contributed by atoms with Gasteiger partial charge in [-0.1, -0.05) is 36.4 Å². The second kappa shape index (κ2) is 7.13. The van der Waals surface area contributed by atoms with Crippen molar-refractivity contribution in [2.75, 3.05) is 6.79 Å². The number of hydrogen-bond acceptors (Lipinski definition) is 2. The van der Waals surface area contributed by atoms with Gasteiger partial charge in [-0.25, -0.2) is 0 Å². The van der Waals surface area contributed by atoms with Crippen molar-refractivity contribution >= 4 is 5.57 Å². The molecule has 0 unspecified atom stereocenters. The third-order valence-electron chi connectivity index (χ3n) is 4.26. The number of rotatable bonds is 5. The molecule has 3 rings (SSSR count). The van der Waals surface area contributed by atoms with Crippen LogP contribution in [0, 0.1) is 0 Å². The minimum atomic E-state index is -6.98. The van der Waals surface area contributed by atoms with Gasteiger partial charge in [-0.05, 0) is 34.9 Å². The zero-order valence-electron chi connectivity index (χ0n) is 14.6. The van der Waals surface area contributed by atoms with E-state index in [-0.39, 0.29) is 29.4 Å². The highest BCUT2D eigenvalue weighted by Gasteiger charge is 2.81. The smallest absolute Gasteiger partial charge is 0.454 e. The van der Waals surface area contributed by atoms with E-state index in [1.807, 2.05) is 0 Å². The lowest BCUT2D eigenvalue weighted by Crippen LogP contribution is -2.60. The van der Waals surface area contributed by atoms with Gasteiger partial charge in [0.05, 0.1) is 0 Å². The van der Waals surface area contributed by atoms with Gasteiger partial charge >= 0.3 is 23.9 Å². The van der Waals surface area contributed by atoms with E-state index in [2.05, 4.69) is 0 Å². The first-order valence-electron chi connectivity index (χ1n) is 8.16. The lowest BCUT2D eigenvalue weighted by molar-refractivity contribution is -0.388. The van der Waals surface area contributed by atoms with Crippen molar-refractivity contribution in [2.45, 2.75) is 23.9 Å². The Morgan fingerprint density at radius 1 is 0.700 bits per heavy atom. The highest BCUT2D eigenvalue weighted by molar-refractivity contribution is 5.81. The Morgan fingerprint density at radius 3 is 1.90 bits per heavy atom. The van der Waals surface area contributed by atoms with Crippen LogP contribution in [-0.2, 0) is 0 Å². The average molecular weight is 442 g/mol. The Labute approximate surface area is 163 Å². The molecule has 0 radical (unpaired) electrons. The summed E-state index contributed by atoms with van der Waals surface area (Å²) in [6.07, 6.45) is -7.49. The Morgan fingerprint density at radius 2 is 1.30 bits per heavy atom. The summed E-state index contributed by atoms with van der Waals surface area (Å²) in [6, 6.07) is 10.1. The summed E-state index contributed by atoms with van der Waals surface area (Å²) in [5.41, 5.74) is -1.00. The van der Waals surface area contributed by atoms with E-state index in [9.17, 15) is 39.5 Å². The van der Waals surface area contributed by atoms with Gasteiger partial charge in [-0.2, -0.15) is 39.5 Å². The molecule has 1 aliphatic heterocycles. The summed E-state index contributed by atoms with van der Waals surface area (Å²) in [4.78, 5) is 0. The molecule has 0 bridgehead atoms. The van der Waals surface area contributed by atoms with Gasteiger partial charge in [-0.3, -0.25) is 0 Å². The average Bonchev–Trinajstić information content (AvgIpc) is 3.13. The third kappa shape index (κ3) is 3.56. The number of ether oxygens (including phenoxy) is 2. The van der Waals surface area contributed by atoms with E-state index in [1.54, 1.807) is 0 Å².